The highest BCUT2D eigenvalue weighted by atomic mass is 31.2. The second kappa shape index (κ2) is 6.15. The summed E-state index contributed by atoms with van der Waals surface area (Å²) < 4.78 is 11.4. The molecule has 0 aromatic carbocycles. The molecule has 2 unspecified atom stereocenters. The monoisotopic (exact) mass is 278 g/mol. The Morgan fingerprint density at radius 3 is 2.33 bits per heavy atom. The highest BCUT2D eigenvalue weighted by Crippen LogP contribution is 2.48. The fourth-order valence-electron chi connectivity index (χ4n) is 2.10. The van der Waals surface area contributed by atoms with Crippen LogP contribution < -0.4 is 11.1 Å². The first kappa shape index (κ1) is 15.6. The molecular weight excluding hydrogens is 255 g/mol. The number of carbonyl (C=O) groups excluding carboxylic acids is 1. The average molecular weight is 278 g/mol. The largest absolute Gasteiger partial charge is 0.347 e. The third kappa shape index (κ3) is 4.35. The number of amides is 1. The molecular formula is C11H23N2O4P. The van der Waals surface area contributed by atoms with Crippen LogP contribution in [-0.2, 0) is 9.36 Å². The Kier molecular flexibility index (Phi) is 5.34. The summed E-state index contributed by atoms with van der Waals surface area (Å²) in [4.78, 5) is 30.4. The van der Waals surface area contributed by atoms with Crippen molar-refractivity contribution in [3.8, 4) is 0 Å². The maximum Gasteiger partial charge on any atom is 0.347 e. The SMILES string of the molecule is CC(C)CC(N)C(=O)NC(C1CCC1)P(=O)(O)O. The van der Waals surface area contributed by atoms with Crippen LogP contribution in [0.15, 0.2) is 0 Å². The first-order valence-corrected chi connectivity index (χ1v) is 8.01. The van der Waals surface area contributed by atoms with Gasteiger partial charge in [0.05, 0.1) is 6.04 Å². The molecule has 6 nitrogen and oxygen atoms in total. The maximum atomic E-state index is 11.8. The van der Waals surface area contributed by atoms with E-state index in [1.807, 2.05) is 13.8 Å². The topological polar surface area (TPSA) is 113 Å². The molecule has 0 bridgehead atoms. The summed E-state index contributed by atoms with van der Waals surface area (Å²) in [7, 11) is -4.31. The van der Waals surface area contributed by atoms with Crippen molar-refractivity contribution in [3.05, 3.63) is 0 Å². The fraction of sp³-hybridized carbons (Fsp3) is 0.909. The van der Waals surface area contributed by atoms with Crippen molar-refractivity contribution in [3.63, 3.8) is 0 Å². The van der Waals surface area contributed by atoms with Crippen molar-refractivity contribution in [1.82, 2.24) is 5.32 Å². The molecule has 1 aliphatic carbocycles. The van der Waals surface area contributed by atoms with Crippen molar-refractivity contribution in [2.45, 2.75) is 51.4 Å². The van der Waals surface area contributed by atoms with Gasteiger partial charge in [0, 0.05) is 0 Å². The lowest BCUT2D eigenvalue weighted by atomic mass is 9.85. The number of hydrogen-bond acceptors (Lipinski definition) is 3. The van der Waals surface area contributed by atoms with Crippen LogP contribution in [0.2, 0.25) is 0 Å². The molecule has 0 saturated heterocycles. The molecule has 0 radical (unpaired) electrons. The van der Waals surface area contributed by atoms with Gasteiger partial charge >= 0.3 is 7.60 Å². The van der Waals surface area contributed by atoms with E-state index in [-0.39, 0.29) is 11.8 Å². The van der Waals surface area contributed by atoms with E-state index in [0.717, 1.165) is 19.3 Å². The smallest absolute Gasteiger partial charge is 0.340 e. The molecule has 5 N–H and O–H groups in total. The molecule has 0 aromatic heterocycles. The zero-order valence-corrected chi connectivity index (χ0v) is 11.8. The minimum atomic E-state index is -4.31. The molecule has 106 valence electrons. The standard InChI is InChI=1S/C11H23N2O4P/c1-7(2)6-9(12)10(14)13-11(18(15,16)17)8-4-3-5-8/h7-9,11H,3-6,12H2,1-2H3,(H,13,14)(H2,15,16,17). The predicted molar refractivity (Wildman–Crippen MR) is 68.7 cm³/mol. The third-order valence-corrected chi connectivity index (χ3v) is 4.59. The summed E-state index contributed by atoms with van der Waals surface area (Å²) in [6, 6.07) is -0.709. The number of hydrogen-bond donors (Lipinski definition) is 4. The summed E-state index contributed by atoms with van der Waals surface area (Å²) in [6.07, 6.45) is 2.95. The molecule has 0 aliphatic heterocycles. The molecule has 1 rings (SSSR count). The van der Waals surface area contributed by atoms with Crippen molar-refractivity contribution >= 4 is 13.5 Å². The molecule has 0 spiro atoms. The molecule has 1 fully saturated rings. The quantitative estimate of drug-likeness (QED) is 0.536. The van der Waals surface area contributed by atoms with E-state index in [4.69, 9.17) is 5.73 Å². The number of nitrogens with two attached hydrogens (primary N) is 1. The van der Waals surface area contributed by atoms with E-state index in [1.165, 1.54) is 0 Å². The predicted octanol–water partition coefficient (Wildman–Crippen LogP) is 0.780. The Bertz CT molecular complexity index is 338. The van der Waals surface area contributed by atoms with Crippen LogP contribution in [0.5, 0.6) is 0 Å². The highest BCUT2D eigenvalue weighted by Gasteiger charge is 2.40. The number of nitrogens with one attached hydrogen (secondary N) is 1. The zero-order valence-electron chi connectivity index (χ0n) is 10.9. The Morgan fingerprint density at radius 2 is 2.00 bits per heavy atom. The number of carbonyl (C=O) groups is 1. The fourth-order valence-corrected chi connectivity index (χ4v) is 3.24. The minimum Gasteiger partial charge on any atom is -0.340 e. The van der Waals surface area contributed by atoms with Crippen LogP contribution in [0.4, 0.5) is 0 Å². The van der Waals surface area contributed by atoms with Crippen LogP contribution in [0.1, 0.15) is 39.5 Å². The van der Waals surface area contributed by atoms with Crippen molar-refractivity contribution in [2.75, 3.05) is 0 Å². The molecule has 2 atom stereocenters. The van der Waals surface area contributed by atoms with Gasteiger partial charge in [-0.15, -0.1) is 0 Å². The Hall–Kier alpha value is -0.420. The van der Waals surface area contributed by atoms with E-state index >= 15 is 0 Å². The van der Waals surface area contributed by atoms with Gasteiger partial charge in [-0.1, -0.05) is 20.3 Å². The van der Waals surface area contributed by atoms with Crippen molar-refractivity contribution in [2.24, 2.45) is 17.6 Å². The highest BCUT2D eigenvalue weighted by molar-refractivity contribution is 7.52. The lowest BCUT2D eigenvalue weighted by molar-refractivity contribution is -0.123. The van der Waals surface area contributed by atoms with Gasteiger partial charge in [0.15, 0.2) is 0 Å². The maximum absolute atomic E-state index is 11.8. The van der Waals surface area contributed by atoms with Crippen LogP contribution in [0, 0.1) is 11.8 Å². The van der Waals surface area contributed by atoms with Gasteiger partial charge in [-0.25, -0.2) is 0 Å². The second-order valence-corrected chi connectivity index (χ2v) is 7.20. The summed E-state index contributed by atoms with van der Waals surface area (Å²) in [5.74, 6) is -1.40. The number of rotatable bonds is 6. The van der Waals surface area contributed by atoms with Gasteiger partial charge in [-0.3, -0.25) is 9.36 Å². The first-order chi connectivity index (χ1) is 8.21. The van der Waals surface area contributed by atoms with Gasteiger partial charge in [-0.05, 0) is 31.1 Å². The van der Waals surface area contributed by atoms with Crippen LogP contribution in [-0.4, -0.2) is 27.5 Å². The Labute approximate surface area is 107 Å². The molecule has 0 heterocycles. The lowest BCUT2D eigenvalue weighted by Gasteiger charge is -2.34. The summed E-state index contributed by atoms with van der Waals surface area (Å²) in [5.41, 5.74) is 5.70. The zero-order chi connectivity index (χ0) is 13.9. The summed E-state index contributed by atoms with van der Waals surface area (Å²) >= 11 is 0. The summed E-state index contributed by atoms with van der Waals surface area (Å²) in [6.45, 7) is 3.89. The summed E-state index contributed by atoms with van der Waals surface area (Å²) in [5, 5.41) is 2.44. The molecule has 0 aromatic rings. The van der Waals surface area contributed by atoms with E-state index < -0.39 is 25.3 Å². The molecule has 1 saturated carbocycles. The first-order valence-electron chi connectivity index (χ1n) is 6.33. The van der Waals surface area contributed by atoms with Crippen molar-refractivity contribution < 1.29 is 19.1 Å². The van der Waals surface area contributed by atoms with E-state index in [0.29, 0.717) is 6.42 Å². The average Bonchev–Trinajstić information content (AvgIpc) is 2.10. The van der Waals surface area contributed by atoms with Gasteiger partial charge < -0.3 is 20.8 Å². The second-order valence-electron chi connectivity index (χ2n) is 5.47. The van der Waals surface area contributed by atoms with Gasteiger partial charge in [0.2, 0.25) is 5.91 Å². The molecule has 1 aliphatic rings. The molecule has 18 heavy (non-hydrogen) atoms. The Morgan fingerprint density at radius 1 is 1.44 bits per heavy atom. The van der Waals surface area contributed by atoms with E-state index in [1.54, 1.807) is 0 Å². The van der Waals surface area contributed by atoms with Crippen LogP contribution in [0.3, 0.4) is 0 Å². The van der Waals surface area contributed by atoms with E-state index in [2.05, 4.69) is 5.32 Å². The third-order valence-electron chi connectivity index (χ3n) is 3.31. The van der Waals surface area contributed by atoms with Crippen LogP contribution in [0.25, 0.3) is 0 Å². The van der Waals surface area contributed by atoms with Gasteiger partial charge in [0.1, 0.15) is 5.78 Å². The Balaban J connectivity index is 2.60. The normalized spacial score (nSPS) is 20.3. The van der Waals surface area contributed by atoms with Crippen molar-refractivity contribution in [1.29, 1.82) is 0 Å². The van der Waals surface area contributed by atoms with Gasteiger partial charge in [0.25, 0.3) is 0 Å². The van der Waals surface area contributed by atoms with Crippen LogP contribution >= 0.6 is 7.60 Å². The van der Waals surface area contributed by atoms with Gasteiger partial charge in [-0.2, -0.15) is 0 Å². The molecule has 7 heteroatoms. The van der Waals surface area contributed by atoms with E-state index in [9.17, 15) is 19.1 Å². The molecule has 1 amide bonds. The minimum absolute atomic E-state index is 0.124. The lowest BCUT2D eigenvalue weighted by Crippen LogP contribution is -2.49.